The molecule has 4 heteroatoms. The topological polar surface area (TPSA) is 0 Å². The fourth-order valence-electron chi connectivity index (χ4n) is 1.68. The van der Waals surface area contributed by atoms with Crippen LogP contribution in [-0.4, -0.2) is 14.8 Å². The highest BCUT2D eigenvalue weighted by atomic mass is 35.6. The molecule has 0 saturated heterocycles. The third kappa shape index (κ3) is 4.52. The van der Waals surface area contributed by atoms with E-state index in [2.05, 4.69) is 26.2 Å². The molecule has 0 amide bonds. The fraction of sp³-hybridized carbons (Fsp3) is 0.800. The van der Waals surface area contributed by atoms with Gasteiger partial charge >= 0.3 is 0 Å². The smallest absolute Gasteiger partial charge is 0.168 e. The van der Waals surface area contributed by atoms with Gasteiger partial charge in [0.25, 0.3) is 0 Å². The van der Waals surface area contributed by atoms with Crippen molar-refractivity contribution in [3.63, 3.8) is 0 Å². The molecule has 0 aromatic carbocycles. The van der Waals surface area contributed by atoms with Crippen molar-refractivity contribution in [2.75, 3.05) is 0 Å². The van der Waals surface area contributed by atoms with Crippen molar-refractivity contribution in [1.82, 2.24) is 0 Å². The van der Waals surface area contributed by atoms with E-state index in [9.17, 15) is 0 Å². The zero-order valence-electron chi connectivity index (χ0n) is 9.58. The van der Waals surface area contributed by atoms with Crippen molar-refractivity contribution < 1.29 is 0 Å². The van der Waals surface area contributed by atoms with Crippen LogP contribution in [0, 0.1) is 0 Å². The highest BCUT2D eigenvalue weighted by molar-refractivity contribution is 7.23. The highest BCUT2D eigenvalue weighted by Crippen LogP contribution is 2.40. The Morgan fingerprint density at radius 3 is 1.93 bits per heavy atom. The van der Waals surface area contributed by atoms with Crippen molar-refractivity contribution >= 4 is 36.9 Å². The first-order valence-corrected chi connectivity index (χ1v) is 13.5. The zero-order valence-corrected chi connectivity index (χ0v) is 13.1. The number of rotatable bonds is 4. The van der Waals surface area contributed by atoms with Crippen LogP contribution in [0.3, 0.4) is 0 Å². The molecule has 0 spiro atoms. The normalized spacial score (nSPS) is 17.1. The van der Waals surface area contributed by atoms with Crippen LogP contribution in [0.1, 0.15) is 19.3 Å². The molecule has 0 N–H and O–H groups in total. The van der Waals surface area contributed by atoms with Gasteiger partial charge in [-0.05, 0) is 25.3 Å². The summed E-state index contributed by atoms with van der Waals surface area (Å²) in [6.07, 6.45) is 3.76. The Balaban J connectivity index is 2.61. The summed E-state index contributed by atoms with van der Waals surface area (Å²) in [4.78, 5) is 0. The minimum Gasteiger partial charge on any atom is -0.168 e. The van der Waals surface area contributed by atoms with Gasteiger partial charge in [0.1, 0.15) is 0 Å². The lowest BCUT2D eigenvalue weighted by Gasteiger charge is -2.21. The Bertz CT molecular complexity index is 240. The SMILES string of the molecule is C[Si](C)(Cl)CCC(=C1CC1)[Si](C)(C)Cl. The largest absolute Gasteiger partial charge is 0.176 e. The lowest BCUT2D eigenvalue weighted by atomic mass is 10.4. The number of hydrogen-bond acceptors (Lipinski definition) is 0. The second-order valence-corrected chi connectivity index (χ2v) is 18.7. The van der Waals surface area contributed by atoms with Gasteiger partial charge in [-0.3, -0.25) is 0 Å². The number of hydrogen-bond donors (Lipinski definition) is 0. The average molecular weight is 267 g/mol. The number of halogens is 2. The lowest BCUT2D eigenvalue weighted by Crippen LogP contribution is -2.24. The zero-order chi connectivity index (χ0) is 11.0. The molecular weight excluding hydrogens is 247 g/mol. The standard InChI is InChI=1S/C10H20Cl2Si2/c1-13(2,11)8-7-10(9-5-6-9)14(3,4)12/h5-8H2,1-4H3. The molecule has 0 aromatic rings. The van der Waals surface area contributed by atoms with Crippen molar-refractivity contribution in [3.05, 3.63) is 10.8 Å². The molecule has 1 fully saturated rings. The molecule has 1 aliphatic rings. The van der Waals surface area contributed by atoms with Crippen LogP contribution in [0.4, 0.5) is 0 Å². The minimum absolute atomic E-state index is 1.17. The Morgan fingerprint density at radius 2 is 1.64 bits per heavy atom. The molecule has 14 heavy (non-hydrogen) atoms. The highest BCUT2D eigenvalue weighted by Gasteiger charge is 2.31. The summed E-state index contributed by atoms with van der Waals surface area (Å²) < 4.78 is 0. The maximum absolute atomic E-state index is 6.52. The molecule has 0 atom stereocenters. The molecule has 0 aliphatic heterocycles. The Kier molecular flexibility index (Phi) is 3.96. The molecule has 1 rings (SSSR count). The first-order valence-electron chi connectivity index (χ1n) is 5.29. The van der Waals surface area contributed by atoms with E-state index in [1.165, 1.54) is 25.3 Å². The minimum atomic E-state index is -1.57. The van der Waals surface area contributed by atoms with Crippen LogP contribution in [0.15, 0.2) is 10.8 Å². The van der Waals surface area contributed by atoms with Gasteiger partial charge in [-0.15, -0.1) is 0 Å². The third-order valence-corrected chi connectivity index (χ3v) is 7.34. The van der Waals surface area contributed by atoms with Crippen LogP contribution < -0.4 is 0 Å². The van der Waals surface area contributed by atoms with Gasteiger partial charge in [-0.25, -0.2) is 0 Å². The van der Waals surface area contributed by atoms with Crippen LogP contribution in [0.2, 0.25) is 32.2 Å². The molecule has 1 saturated carbocycles. The molecule has 0 nitrogen and oxygen atoms in total. The van der Waals surface area contributed by atoms with E-state index in [-0.39, 0.29) is 0 Å². The van der Waals surface area contributed by atoms with Crippen molar-refractivity contribution in [3.8, 4) is 0 Å². The summed E-state index contributed by atoms with van der Waals surface area (Å²) in [5.41, 5.74) is 1.64. The Hall–Kier alpha value is 0.754. The Morgan fingerprint density at radius 1 is 1.14 bits per heavy atom. The van der Waals surface area contributed by atoms with E-state index in [1.54, 1.807) is 10.8 Å². The molecule has 0 aromatic heterocycles. The van der Waals surface area contributed by atoms with Gasteiger partial charge in [-0.2, -0.15) is 22.2 Å². The first kappa shape index (κ1) is 12.8. The van der Waals surface area contributed by atoms with E-state index in [1.807, 2.05) is 0 Å². The van der Waals surface area contributed by atoms with Crippen LogP contribution >= 0.6 is 22.2 Å². The van der Waals surface area contributed by atoms with Crippen molar-refractivity contribution in [2.45, 2.75) is 51.5 Å². The van der Waals surface area contributed by atoms with E-state index in [0.717, 1.165) is 0 Å². The summed E-state index contributed by atoms with van der Waals surface area (Å²) in [5.74, 6) is 0. The summed E-state index contributed by atoms with van der Waals surface area (Å²) in [6.45, 7) is 8.90. The molecule has 1 aliphatic carbocycles. The van der Waals surface area contributed by atoms with Gasteiger partial charge < -0.3 is 0 Å². The maximum Gasteiger partial charge on any atom is 0.176 e. The van der Waals surface area contributed by atoms with Gasteiger partial charge in [0, 0.05) is 0 Å². The summed E-state index contributed by atoms with van der Waals surface area (Å²) in [7, 11) is -2.99. The number of allylic oxidation sites excluding steroid dienone is 2. The van der Waals surface area contributed by atoms with Crippen molar-refractivity contribution in [2.24, 2.45) is 0 Å². The molecule has 0 heterocycles. The molecular formula is C10H20Cl2Si2. The average Bonchev–Trinajstić information content (AvgIpc) is 2.64. The maximum atomic E-state index is 6.52. The Labute approximate surface area is 99.1 Å². The molecule has 0 unspecified atom stereocenters. The van der Waals surface area contributed by atoms with Crippen LogP contribution in [-0.2, 0) is 0 Å². The summed E-state index contributed by atoms with van der Waals surface area (Å²) >= 11 is 12.9. The van der Waals surface area contributed by atoms with Gasteiger partial charge in [0.15, 0.2) is 14.8 Å². The molecule has 0 bridgehead atoms. The van der Waals surface area contributed by atoms with E-state index < -0.39 is 14.8 Å². The van der Waals surface area contributed by atoms with Gasteiger partial charge in [-0.1, -0.05) is 37.0 Å². The predicted octanol–water partition coefficient (Wildman–Crippen LogP) is 4.89. The lowest BCUT2D eigenvalue weighted by molar-refractivity contribution is 1.13. The second kappa shape index (κ2) is 4.32. The van der Waals surface area contributed by atoms with Gasteiger partial charge in [0.2, 0.25) is 0 Å². The first-order chi connectivity index (χ1) is 6.20. The van der Waals surface area contributed by atoms with Crippen LogP contribution in [0.5, 0.6) is 0 Å². The summed E-state index contributed by atoms with van der Waals surface area (Å²) in [6, 6.07) is 1.18. The quantitative estimate of drug-likeness (QED) is 0.502. The van der Waals surface area contributed by atoms with E-state index in [4.69, 9.17) is 22.2 Å². The van der Waals surface area contributed by atoms with E-state index >= 15 is 0 Å². The van der Waals surface area contributed by atoms with Crippen LogP contribution in [0.25, 0.3) is 0 Å². The third-order valence-electron chi connectivity index (χ3n) is 2.61. The molecule has 0 radical (unpaired) electrons. The predicted molar refractivity (Wildman–Crippen MR) is 72.4 cm³/mol. The second-order valence-electron chi connectivity index (χ2n) is 5.27. The van der Waals surface area contributed by atoms with Crippen molar-refractivity contribution in [1.29, 1.82) is 0 Å². The molecule has 82 valence electrons. The monoisotopic (exact) mass is 266 g/mol. The fourth-order valence-corrected chi connectivity index (χ4v) is 5.55. The van der Waals surface area contributed by atoms with E-state index in [0.29, 0.717) is 0 Å². The van der Waals surface area contributed by atoms with Gasteiger partial charge in [0.05, 0.1) is 0 Å². The summed E-state index contributed by atoms with van der Waals surface area (Å²) in [5, 5.41) is 1.60.